The van der Waals surface area contributed by atoms with Gasteiger partial charge in [-0.15, -0.1) is 0 Å². The van der Waals surface area contributed by atoms with E-state index in [1.54, 1.807) is 25.1 Å². The molecule has 178 valence electrons. The van der Waals surface area contributed by atoms with Gasteiger partial charge in [0.2, 0.25) is 21.8 Å². The molecule has 0 unspecified atom stereocenters. The Labute approximate surface area is 194 Å². The molecule has 0 spiro atoms. The highest BCUT2D eigenvalue weighted by molar-refractivity contribution is 7.92. The van der Waals surface area contributed by atoms with E-state index < -0.39 is 28.5 Å². The summed E-state index contributed by atoms with van der Waals surface area (Å²) >= 11 is 0. The smallest absolute Gasteiger partial charge is 0.244 e. The number of anilines is 1. The largest absolute Gasteiger partial charge is 0.486 e. The second-order valence-electron chi connectivity index (χ2n) is 7.71. The van der Waals surface area contributed by atoms with Gasteiger partial charge in [-0.1, -0.05) is 30.3 Å². The molecule has 1 aliphatic rings. The SMILES string of the molecule is CNC(=O)[C@@H](C)N(CCc1ccccc1)C(=O)CN(c1ccc2c(c1)OCCO2)S(C)(=O)=O. The normalized spacial score (nSPS) is 13.7. The van der Waals surface area contributed by atoms with E-state index in [2.05, 4.69) is 5.32 Å². The number of hydrogen-bond donors (Lipinski definition) is 1. The average molecular weight is 476 g/mol. The van der Waals surface area contributed by atoms with E-state index in [4.69, 9.17) is 9.47 Å². The van der Waals surface area contributed by atoms with Crippen LogP contribution in [0.4, 0.5) is 5.69 Å². The molecule has 0 aliphatic carbocycles. The Kier molecular flexibility index (Phi) is 7.80. The molecule has 0 aromatic heterocycles. The highest BCUT2D eigenvalue weighted by Gasteiger charge is 2.30. The summed E-state index contributed by atoms with van der Waals surface area (Å²) in [6.07, 6.45) is 1.56. The van der Waals surface area contributed by atoms with Gasteiger partial charge in [-0.2, -0.15) is 0 Å². The van der Waals surface area contributed by atoms with Gasteiger partial charge in [-0.25, -0.2) is 8.42 Å². The van der Waals surface area contributed by atoms with Gasteiger partial charge < -0.3 is 19.7 Å². The fraction of sp³-hybridized carbons (Fsp3) is 0.391. The lowest BCUT2D eigenvalue weighted by Crippen LogP contribution is -2.51. The van der Waals surface area contributed by atoms with Gasteiger partial charge in [0.15, 0.2) is 11.5 Å². The molecule has 0 radical (unpaired) electrons. The number of carbonyl (C=O) groups excluding carboxylic acids is 2. The number of rotatable bonds is 9. The second kappa shape index (κ2) is 10.6. The van der Waals surface area contributed by atoms with Crippen molar-refractivity contribution in [2.24, 2.45) is 0 Å². The Hall–Kier alpha value is -3.27. The number of benzene rings is 2. The Morgan fingerprint density at radius 1 is 1.06 bits per heavy atom. The van der Waals surface area contributed by atoms with E-state index in [1.807, 2.05) is 30.3 Å². The minimum Gasteiger partial charge on any atom is -0.486 e. The molecule has 3 rings (SSSR count). The Bertz CT molecular complexity index is 1090. The van der Waals surface area contributed by atoms with Crippen molar-refractivity contribution < 1.29 is 27.5 Å². The number of nitrogens with zero attached hydrogens (tertiary/aromatic N) is 2. The molecule has 10 heteroatoms. The predicted octanol–water partition coefficient (Wildman–Crippen LogP) is 1.43. The second-order valence-corrected chi connectivity index (χ2v) is 9.62. The summed E-state index contributed by atoms with van der Waals surface area (Å²) in [5, 5.41) is 2.55. The number of carbonyl (C=O) groups is 2. The van der Waals surface area contributed by atoms with E-state index >= 15 is 0 Å². The quantitative estimate of drug-likeness (QED) is 0.588. The van der Waals surface area contributed by atoms with Crippen LogP contribution in [-0.4, -0.2) is 70.8 Å². The molecule has 2 amide bonds. The Morgan fingerprint density at radius 3 is 2.36 bits per heavy atom. The van der Waals surface area contributed by atoms with Crippen LogP contribution in [0, 0.1) is 0 Å². The molecule has 33 heavy (non-hydrogen) atoms. The van der Waals surface area contributed by atoms with Crippen LogP contribution in [-0.2, 0) is 26.0 Å². The summed E-state index contributed by atoms with van der Waals surface area (Å²) < 4.78 is 37.3. The molecule has 1 aliphatic heterocycles. The van der Waals surface area contributed by atoms with Crippen LogP contribution < -0.4 is 19.1 Å². The first-order valence-corrected chi connectivity index (χ1v) is 12.5. The zero-order valence-corrected chi connectivity index (χ0v) is 19.8. The van der Waals surface area contributed by atoms with Crippen molar-refractivity contribution in [2.75, 3.05) is 43.9 Å². The zero-order chi connectivity index (χ0) is 24.0. The molecule has 0 fully saturated rings. The maximum atomic E-state index is 13.3. The van der Waals surface area contributed by atoms with Gasteiger partial charge in [0, 0.05) is 19.7 Å². The van der Waals surface area contributed by atoms with E-state index in [0.29, 0.717) is 31.1 Å². The number of nitrogens with one attached hydrogen (secondary N) is 1. The number of fused-ring (bicyclic) bond motifs is 1. The molecule has 0 bridgehead atoms. The number of ether oxygens (including phenoxy) is 2. The van der Waals surface area contributed by atoms with Gasteiger partial charge >= 0.3 is 0 Å². The molecule has 0 saturated carbocycles. The third-order valence-electron chi connectivity index (χ3n) is 5.39. The van der Waals surface area contributed by atoms with Crippen LogP contribution >= 0.6 is 0 Å². The lowest BCUT2D eigenvalue weighted by atomic mass is 10.1. The lowest BCUT2D eigenvalue weighted by molar-refractivity contribution is -0.138. The summed E-state index contributed by atoms with van der Waals surface area (Å²) in [6, 6.07) is 13.5. The summed E-state index contributed by atoms with van der Waals surface area (Å²) in [7, 11) is -2.31. The zero-order valence-electron chi connectivity index (χ0n) is 19.0. The molecule has 1 atom stereocenters. The third-order valence-corrected chi connectivity index (χ3v) is 6.53. The first-order chi connectivity index (χ1) is 15.7. The van der Waals surface area contributed by atoms with E-state index in [0.717, 1.165) is 16.1 Å². The van der Waals surface area contributed by atoms with Crippen LogP contribution in [0.15, 0.2) is 48.5 Å². The topological polar surface area (TPSA) is 105 Å². The molecule has 2 aromatic carbocycles. The summed E-state index contributed by atoms with van der Waals surface area (Å²) in [4.78, 5) is 27.0. The van der Waals surface area contributed by atoms with Gasteiger partial charge in [-0.3, -0.25) is 13.9 Å². The number of likely N-dealkylation sites (N-methyl/N-ethyl adjacent to an activating group) is 1. The van der Waals surface area contributed by atoms with Gasteiger partial charge in [0.05, 0.1) is 11.9 Å². The molecule has 1 heterocycles. The van der Waals surface area contributed by atoms with Gasteiger partial charge in [0.25, 0.3) is 0 Å². The average Bonchev–Trinajstić information content (AvgIpc) is 2.81. The van der Waals surface area contributed by atoms with Crippen LogP contribution in [0.25, 0.3) is 0 Å². The fourth-order valence-electron chi connectivity index (χ4n) is 3.58. The van der Waals surface area contributed by atoms with Crippen LogP contribution in [0.1, 0.15) is 12.5 Å². The van der Waals surface area contributed by atoms with E-state index in [9.17, 15) is 18.0 Å². The first kappa shape index (κ1) is 24.4. The highest BCUT2D eigenvalue weighted by atomic mass is 32.2. The molecule has 2 aromatic rings. The Balaban J connectivity index is 1.85. The number of sulfonamides is 1. The summed E-state index contributed by atoms with van der Waals surface area (Å²) in [5.41, 5.74) is 1.29. The molecule has 0 saturated heterocycles. The monoisotopic (exact) mass is 475 g/mol. The predicted molar refractivity (Wildman–Crippen MR) is 125 cm³/mol. The van der Waals surface area contributed by atoms with E-state index in [-0.39, 0.29) is 18.1 Å². The fourth-order valence-corrected chi connectivity index (χ4v) is 4.42. The Morgan fingerprint density at radius 2 is 1.73 bits per heavy atom. The van der Waals surface area contributed by atoms with Crippen molar-refractivity contribution >= 4 is 27.5 Å². The molecular weight excluding hydrogens is 446 g/mol. The van der Waals surface area contributed by atoms with Gasteiger partial charge in [0.1, 0.15) is 25.8 Å². The number of amides is 2. The van der Waals surface area contributed by atoms with Crippen LogP contribution in [0.3, 0.4) is 0 Å². The highest BCUT2D eigenvalue weighted by Crippen LogP contribution is 2.34. The first-order valence-electron chi connectivity index (χ1n) is 10.6. The number of hydrogen-bond acceptors (Lipinski definition) is 6. The van der Waals surface area contributed by atoms with Crippen molar-refractivity contribution in [1.29, 1.82) is 0 Å². The molecule has 1 N–H and O–H groups in total. The van der Waals surface area contributed by atoms with Crippen LogP contribution in [0.5, 0.6) is 11.5 Å². The van der Waals surface area contributed by atoms with Gasteiger partial charge in [-0.05, 0) is 31.0 Å². The standard InChI is InChI=1S/C23H29N3O6S/c1-17(23(28)24-2)25(12-11-18-7-5-4-6-8-18)22(27)16-26(33(3,29)30)19-9-10-20-21(15-19)32-14-13-31-20/h4-10,15,17H,11-14,16H2,1-3H3,(H,24,28)/t17-/m1/s1. The maximum absolute atomic E-state index is 13.3. The maximum Gasteiger partial charge on any atom is 0.244 e. The van der Waals surface area contributed by atoms with E-state index in [1.165, 1.54) is 11.9 Å². The van der Waals surface area contributed by atoms with Crippen molar-refractivity contribution in [1.82, 2.24) is 10.2 Å². The van der Waals surface area contributed by atoms with Crippen molar-refractivity contribution in [3.8, 4) is 11.5 Å². The van der Waals surface area contributed by atoms with Crippen LogP contribution in [0.2, 0.25) is 0 Å². The third kappa shape index (κ3) is 6.16. The minimum absolute atomic E-state index is 0.260. The van der Waals surface area contributed by atoms with Crippen molar-refractivity contribution in [2.45, 2.75) is 19.4 Å². The van der Waals surface area contributed by atoms with Crippen molar-refractivity contribution in [3.05, 3.63) is 54.1 Å². The molecular formula is C23H29N3O6S. The molecule has 9 nitrogen and oxygen atoms in total. The lowest BCUT2D eigenvalue weighted by Gasteiger charge is -2.31. The summed E-state index contributed by atoms with van der Waals surface area (Å²) in [6.45, 7) is 2.20. The van der Waals surface area contributed by atoms with Crippen molar-refractivity contribution in [3.63, 3.8) is 0 Å². The summed E-state index contributed by atoms with van der Waals surface area (Å²) in [5.74, 6) is 0.117. The minimum atomic E-state index is -3.80.